The van der Waals surface area contributed by atoms with Crippen molar-refractivity contribution in [3.63, 3.8) is 0 Å². The molecule has 0 aromatic carbocycles. The van der Waals surface area contributed by atoms with Crippen LogP contribution in [0.3, 0.4) is 0 Å². The molecule has 1 unspecified atom stereocenters. The van der Waals surface area contributed by atoms with E-state index in [2.05, 4.69) is 74.6 Å². The third-order valence-corrected chi connectivity index (χ3v) is 8.25. The van der Waals surface area contributed by atoms with E-state index in [0.29, 0.717) is 6.42 Å². The molecule has 264 valence electrons. The van der Waals surface area contributed by atoms with Gasteiger partial charge in [0.25, 0.3) is 0 Å². The number of aliphatic carboxylic acids is 1. The van der Waals surface area contributed by atoms with Crippen LogP contribution in [0.4, 0.5) is 0 Å². The Bertz CT molecular complexity index is 820. The minimum absolute atomic E-state index is 0.00351. The highest BCUT2D eigenvalue weighted by atomic mass is 16.5. The van der Waals surface area contributed by atoms with Gasteiger partial charge in [0.05, 0.1) is 0 Å². The second-order valence-electron chi connectivity index (χ2n) is 12.7. The normalized spacial score (nSPS) is 12.9. The van der Waals surface area contributed by atoms with Crippen molar-refractivity contribution in [2.45, 2.75) is 193 Å². The van der Waals surface area contributed by atoms with Crippen molar-refractivity contribution in [2.24, 2.45) is 0 Å². The smallest absolute Gasteiger partial charge is 0.306 e. The molecule has 0 fully saturated rings. The predicted octanol–water partition coefficient (Wildman–Crippen LogP) is 13.3. The molecule has 0 amide bonds. The molecule has 4 nitrogen and oxygen atoms in total. The molecular weight excluding hydrogens is 568 g/mol. The van der Waals surface area contributed by atoms with E-state index < -0.39 is 5.97 Å². The molecule has 0 saturated heterocycles. The van der Waals surface area contributed by atoms with Gasteiger partial charge in [-0.15, -0.1) is 0 Å². The Balaban J connectivity index is 4.13. The van der Waals surface area contributed by atoms with Gasteiger partial charge < -0.3 is 9.84 Å². The topological polar surface area (TPSA) is 63.6 Å². The van der Waals surface area contributed by atoms with Crippen molar-refractivity contribution in [1.82, 2.24) is 0 Å². The fraction of sp³-hybridized carbons (Fsp3) is 0.714. The molecule has 0 saturated carbocycles. The van der Waals surface area contributed by atoms with E-state index in [-0.39, 0.29) is 18.5 Å². The largest absolute Gasteiger partial charge is 0.481 e. The second kappa shape index (κ2) is 37.1. The Morgan fingerprint density at radius 1 is 0.500 bits per heavy atom. The zero-order valence-electron chi connectivity index (χ0n) is 30.1. The summed E-state index contributed by atoms with van der Waals surface area (Å²) in [5.41, 5.74) is 0. The average Bonchev–Trinajstić information content (AvgIpc) is 3.04. The summed E-state index contributed by atoms with van der Waals surface area (Å²) >= 11 is 0. The number of carbonyl (C=O) groups is 2. The number of hydrogen-bond acceptors (Lipinski definition) is 3. The van der Waals surface area contributed by atoms with Crippen LogP contribution in [0.2, 0.25) is 0 Å². The molecule has 0 radical (unpaired) electrons. The van der Waals surface area contributed by atoms with Gasteiger partial charge in [0.2, 0.25) is 0 Å². The number of carboxylic acid groups (broad SMARTS) is 1. The van der Waals surface area contributed by atoms with Crippen LogP contribution in [0.5, 0.6) is 0 Å². The molecular formula is C42H72O4. The van der Waals surface area contributed by atoms with Crippen LogP contribution >= 0.6 is 0 Å². The van der Waals surface area contributed by atoms with Gasteiger partial charge in [0, 0.05) is 12.8 Å². The van der Waals surface area contributed by atoms with Gasteiger partial charge in [0.1, 0.15) is 6.10 Å². The van der Waals surface area contributed by atoms with Crippen LogP contribution in [0, 0.1) is 0 Å². The molecule has 0 aromatic rings. The molecule has 0 aliphatic rings. The van der Waals surface area contributed by atoms with Crippen molar-refractivity contribution in [3.05, 3.63) is 60.8 Å². The van der Waals surface area contributed by atoms with E-state index in [1.54, 1.807) is 0 Å². The molecule has 46 heavy (non-hydrogen) atoms. The van der Waals surface area contributed by atoms with Gasteiger partial charge >= 0.3 is 11.9 Å². The summed E-state index contributed by atoms with van der Waals surface area (Å²) in [5.74, 6) is -0.787. The van der Waals surface area contributed by atoms with Gasteiger partial charge in [-0.25, -0.2) is 0 Å². The summed E-state index contributed by atoms with van der Waals surface area (Å²) in [5, 5.41) is 8.84. The van der Waals surface area contributed by atoms with E-state index in [0.717, 1.165) is 89.9 Å². The lowest BCUT2D eigenvalue weighted by Crippen LogP contribution is -2.18. The summed E-state index contributed by atoms with van der Waals surface area (Å²) < 4.78 is 5.94. The lowest BCUT2D eigenvalue weighted by molar-refractivity contribution is -0.150. The zero-order valence-corrected chi connectivity index (χ0v) is 30.1. The van der Waals surface area contributed by atoms with Gasteiger partial charge in [-0.2, -0.15) is 0 Å². The fourth-order valence-electron chi connectivity index (χ4n) is 5.45. The first-order valence-corrected chi connectivity index (χ1v) is 19.3. The Kier molecular flexibility index (Phi) is 35.2. The van der Waals surface area contributed by atoms with Crippen molar-refractivity contribution >= 4 is 11.9 Å². The van der Waals surface area contributed by atoms with Crippen LogP contribution in [0.15, 0.2) is 60.8 Å². The second-order valence-corrected chi connectivity index (χ2v) is 12.7. The zero-order chi connectivity index (χ0) is 33.6. The monoisotopic (exact) mass is 641 g/mol. The number of hydrogen-bond donors (Lipinski definition) is 1. The Hall–Kier alpha value is -2.36. The summed E-state index contributed by atoms with van der Waals surface area (Å²) in [6.07, 6.45) is 50.9. The van der Waals surface area contributed by atoms with Crippen LogP contribution in [-0.4, -0.2) is 23.1 Å². The SMILES string of the molecule is CC/C=C\C/C=C\C/C=C\C/C=C\C/C=C\CCCC(=O)OC(CCCCCCCCCCCCCC)CCCCCCC(=O)O. The van der Waals surface area contributed by atoms with Crippen molar-refractivity contribution in [2.75, 3.05) is 0 Å². The number of esters is 1. The van der Waals surface area contributed by atoms with Crippen LogP contribution in [-0.2, 0) is 14.3 Å². The Labute approximate surface area is 284 Å². The summed E-state index contributed by atoms with van der Waals surface area (Å²) in [6, 6.07) is 0. The molecule has 0 bridgehead atoms. The number of carboxylic acids is 1. The lowest BCUT2D eigenvalue weighted by atomic mass is 10.0. The molecule has 1 atom stereocenters. The molecule has 0 heterocycles. The maximum absolute atomic E-state index is 12.6. The highest BCUT2D eigenvalue weighted by Crippen LogP contribution is 2.18. The van der Waals surface area contributed by atoms with Gasteiger partial charge in [-0.1, -0.05) is 158 Å². The standard InChI is InChI=1S/C42H72O4/c1-3-5-7-9-11-13-15-17-18-19-20-21-23-25-27-29-35-39-42(45)46-40(37-33-30-31-34-38-41(43)44)36-32-28-26-24-22-16-14-12-10-8-6-4-2/h5,7,11,13,17-18,20-21,25,27,40H,3-4,6,8-10,12,14-16,19,22-24,26,28-39H2,1-2H3,(H,43,44)/b7-5-,13-11-,18-17-,21-20-,27-25-. The number of carbonyl (C=O) groups excluding carboxylic acids is 1. The van der Waals surface area contributed by atoms with Crippen molar-refractivity contribution < 1.29 is 19.4 Å². The van der Waals surface area contributed by atoms with E-state index >= 15 is 0 Å². The van der Waals surface area contributed by atoms with Gasteiger partial charge in [-0.05, 0) is 77.0 Å². The van der Waals surface area contributed by atoms with Crippen LogP contribution < -0.4 is 0 Å². The van der Waals surface area contributed by atoms with E-state index in [4.69, 9.17) is 9.84 Å². The van der Waals surface area contributed by atoms with E-state index in [1.807, 2.05) is 0 Å². The number of ether oxygens (including phenoxy) is 1. The van der Waals surface area contributed by atoms with Crippen molar-refractivity contribution in [3.8, 4) is 0 Å². The fourth-order valence-corrected chi connectivity index (χ4v) is 5.45. The van der Waals surface area contributed by atoms with Crippen LogP contribution in [0.1, 0.15) is 187 Å². The summed E-state index contributed by atoms with van der Waals surface area (Å²) in [6.45, 7) is 4.43. The third-order valence-electron chi connectivity index (χ3n) is 8.25. The predicted molar refractivity (Wildman–Crippen MR) is 199 cm³/mol. The molecule has 0 spiro atoms. The molecule has 1 N–H and O–H groups in total. The molecule has 0 aliphatic carbocycles. The number of unbranched alkanes of at least 4 members (excludes halogenated alkanes) is 15. The first-order chi connectivity index (χ1) is 22.6. The molecule has 0 rings (SSSR count). The molecule has 4 heteroatoms. The minimum Gasteiger partial charge on any atom is -0.481 e. The maximum atomic E-state index is 12.6. The maximum Gasteiger partial charge on any atom is 0.306 e. The summed E-state index contributed by atoms with van der Waals surface area (Å²) in [7, 11) is 0. The van der Waals surface area contributed by atoms with Gasteiger partial charge in [0.15, 0.2) is 0 Å². The first kappa shape index (κ1) is 43.6. The molecule has 0 aliphatic heterocycles. The number of allylic oxidation sites excluding steroid dienone is 10. The molecule has 0 aromatic heterocycles. The first-order valence-electron chi connectivity index (χ1n) is 19.3. The minimum atomic E-state index is -0.719. The number of rotatable bonds is 34. The third kappa shape index (κ3) is 36.1. The lowest BCUT2D eigenvalue weighted by Gasteiger charge is -2.18. The Morgan fingerprint density at radius 2 is 0.913 bits per heavy atom. The van der Waals surface area contributed by atoms with Crippen molar-refractivity contribution in [1.29, 1.82) is 0 Å². The Morgan fingerprint density at radius 3 is 1.37 bits per heavy atom. The quantitative estimate of drug-likeness (QED) is 0.0432. The van der Waals surface area contributed by atoms with E-state index in [9.17, 15) is 9.59 Å². The van der Waals surface area contributed by atoms with Gasteiger partial charge in [-0.3, -0.25) is 9.59 Å². The highest BCUT2D eigenvalue weighted by Gasteiger charge is 2.14. The van der Waals surface area contributed by atoms with Crippen LogP contribution in [0.25, 0.3) is 0 Å². The summed E-state index contributed by atoms with van der Waals surface area (Å²) in [4.78, 5) is 23.4. The highest BCUT2D eigenvalue weighted by molar-refractivity contribution is 5.69. The average molecular weight is 641 g/mol. The van der Waals surface area contributed by atoms with E-state index in [1.165, 1.54) is 70.6 Å².